The maximum atomic E-state index is 11.2. The molecule has 180 valence electrons. The lowest BCUT2D eigenvalue weighted by atomic mass is 9.73. The number of ether oxygens (including phenoxy) is 3. The lowest BCUT2D eigenvalue weighted by molar-refractivity contribution is -0.140. The number of carbonyl (C=O) groups excluding carboxylic acids is 1. The van der Waals surface area contributed by atoms with Crippen molar-refractivity contribution in [2.45, 2.75) is 115 Å². The van der Waals surface area contributed by atoms with E-state index in [1.54, 1.807) is 0 Å². The van der Waals surface area contributed by atoms with E-state index >= 15 is 0 Å². The topological polar surface area (TPSA) is 48.0 Å². The molecule has 0 saturated heterocycles. The van der Waals surface area contributed by atoms with Crippen LogP contribution in [-0.2, 0) is 19.0 Å². The summed E-state index contributed by atoms with van der Waals surface area (Å²) in [5, 5.41) is 0. The molecular formula is C26H47NO4. The highest BCUT2D eigenvalue weighted by molar-refractivity contribution is 5.69. The van der Waals surface area contributed by atoms with Gasteiger partial charge in [0.2, 0.25) is 0 Å². The molecule has 0 amide bonds. The zero-order valence-electron chi connectivity index (χ0n) is 20.2. The number of carbonyl (C=O) groups is 1. The van der Waals surface area contributed by atoms with Gasteiger partial charge in [-0.3, -0.25) is 4.79 Å². The van der Waals surface area contributed by atoms with Crippen molar-refractivity contribution in [1.29, 1.82) is 0 Å². The maximum absolute atomic E-state index is 11.2. The second kappa shape index (κ2) is 13.8. The van der Waals surface area contributed by atoms with Crippen LogP contribution in [-0.4, -0.2) is 63.0 Å². The van der Waals surface area contributed by atoms with Gasteiger partial charge >= 0.3 is 5.97 Å². The predicted molar refractivity (Wildman–Crippen MR) is 124 cm³/mol. The molecule has 3 aliphatic carbocycles. The average molecular weight is 438 g/mol. The monoisotopic (exact) mass is 437 g/mol. The van der Waals surface area contributed by atoms with Gasteiger partial charge in [0, 0.05) is 19.7 Å². The summed E-state index contributed by atoms with van der Waals surface area (Å²) in [5.74, 6) is 1.87. The molecule has 5 nitrogen and oxygen atoms in total. The first-order chi connectivity index (χ1) is 15.1. The van der Waals surface area contributed by atoms with Crippen LogP contribution >= 0.6 is 0 Å². The first-order valence-electron chi connectivity index (χ1n) is 13.2. The number of nitrogens with zero attached hydrogens (tertiary/aromatic N) is 1. The van der Waals surface area contributed by atoms with Crippen LogP contribution < -0.4 is 0 Å². The minimum atomic E-state index is -0.139. The van der Waals surface area contributed by atoms with Crippen LogP contribution in [0.2, 0.25) is 0 Å². The smallest absolute Gasteiger partial charge is 0.306 e. The first-order valence-corrected chi connectivity index (χ1v) is 13.2. The zero-order valence-corrected chi connectivity index (χ0v) is 20.2. The van der Waals surface area contributed by atoms with Crippen molar-refractivity contribution in [2.24, 2.45) is 11.8 Å². The molecule has 0 heterocycles. The van der Waals surface area contributed by atoms with E-state index in [4.69, 9.17) is 14.2 Å². The molecule has 0 bridgehead atoms. The van der Waals surface area contributed by atoms with Crippen LogP contribution in [0.5, 0.6) is 0 Å². The second-order valence-corrected chi connectivity index (χ2v) is 10.3. The fraction of sp³-hybridized carbons (Fsp3) is 0.962. The Balaban J connectivity index is 1.20. The molecule has 0 aromatic rings. The first kappa shape index (κ1) is 25.0. The standard InChI is InChI=1S/C26H47NO4/c1-27(19-17-26(28)29-2)18-6-20-30-23-13-15-25(16-14-23)31-24-11-9-22(10-12-24)21-7-4-3-5-8-21/h21-25H,3-20H2,1-2H3. The van der Waals surface area contributed by atoms with Crippen molar-refractivity contribution < 1.29 is 19.0 Å². The van der Waals surface area contributed by atoms with Gasteiger partial charge in [0.05, 0.1) is 31.8 Å². The Bertz CT molecular complexity index is 492. The van der Waals surface area contributed by atoms with Crippen molar-refractivity contribution in [3.05, 3.63) is 0 Å². The Labute approximate surface area is 190 Å². The van der Waals surface area contributed by atoms with Crippen molar-refractivity contribution in [3.63, 3.8) is 0 Å². The predicted octanol–water partition coefficient (Wildman–Crippen LogP) is 5.35. The molecule has 3 aliphatic rings. The summed E-state index contributed by atoms with van der Waals surface area (Å²) >= 11 is 0. The SMILES string of the molecule is COC(=O)CCN(C)CCCOC1CCC(OC2CCC(C3CCCCC3)CC2)CC1. The third-order valence-corrected chi connectivity index (χ3v) is 8.00. The van der Waals surface area contributed by atoms with Crippen molar-refractivity contribution in [2.75, 3.05) is 33.9 Å². The summed E-state index contributed by atoms with van der Waals surface area (Å²) in [6.45, 7) is 2.51. The van der Waals surface area contributed by atoms with Crippen LogP contribution in [0.3, 0.4) is 0 Å². The van der Waals surface area contributed by atoms with Gasteiger partial charge < -0.3 is 19.1 Å². The van der Waals surface area contributed by atoms with Gasteiger partial charge in [-0.1, -0.05) is 32.1 Å². The minimum Gasteiger partial charge on any atom is -0.469 e. The molecule has 0 N–H and O–H groups in total. The second-order valence-electron chi connectivity index (χ2n) is 10.3. The molecule has 0 atom stereocenters. The van der Waals surface area contributed by atoms with Crippen molar-refractivity contribution in [3.8, 4) is 0 Å². The van der Waals surface area contributed by atoms with Crippen LogP contribution in [0.15, 0.2) is 0 Å². The van der Waals surface area contributed by atoms with E-state index in [0.29, 0.717) is 24.7 Å². The summed E-state index contributed by atoms with van der Waals surface area (Å²) in [4.78, 5) is 13.4. The Kier molecular flexibility index (Phi) is 11.1. The van der Waals surface area contributed by atoms with E-state index < -0.39 is 0 Å². The Morgan fingerprint density at radius 2 is 1.35 bits per heavy atom. The fourth-order valence-corrected chi connectivity index (χ4v) is 5.99. The largest absolute Gasteiger partial charge is 0.469 e. The van der Waals surface area contributed by atoms with Crippen LogP contribution in [0.4, 0.5) is 0 Å². The van der Waals surface area contributed by atoms with Gasteiger partial charge in [0.25, 0.3) is 0 Å². The van der Waals surface area contributed by atoms with Crippen LogP contribution in [0, 0.1) is 11.8 Å². The van der Waals surface area contributed by atoms with E-state index in [-0.39, 0.29) is 5.97 Å². The minimum absolute atomic E-state index is 0.139. The highest BCUT2D eigenvalue weighted by atomic mass is 16.5. The summed E-state index contributed by atoms with van der Waals surface area (Å²) in [6.07, 6.45) is 20.2. The molecule has 0 aromatic heterocycles. The number of methoxy groups -OCH3 is 1. The van der Waals surface area contributed by atoms with Crippen LogP contribution in [0.1, 0.15) is 96.3 Å². The van der Waals surface area contributed by atoms with E-state index in [1.165, 1.54) is 64.9 Å². The molecule has 5 heteroatoms. The lowest BCUT2D eigenvalue weighted by Gasteiger charge is -2.38. The van der Waals surface area contributed by atoms with Crippen LogP contribution in [0.25, 0.3) is 0 Å². The third kappa shape index (κ3) is 9.01. The zero-order chi connectivity index (χ0) is 21.9. The van der Waals surface area contributed by atoms with Gasteiger partial charge in [-0.25, -0.2) is 0 Å². The summed E-state index contributed by atoms with van der Waals surface area (Å²) in [5.41, 5.74) is 0. The Hall–Kier alpha value is -0.650. The van der Waals surface area contributed by atoms with E-state index in [1.807, 2.05) is 7.05 Å². The van der Waals surface area contributed by atoms with Crippen molar-refractivity contribution >= 4 is 5.97 Å². The Morgan fingerprint density at radius 1 is 0.774 bits per heavy atom. The number of hydrogen-bond acceptors (Lipinski definition) is 5. The summed E-state index contributed by atoms with van der Waals surface area (Å²) < 4.78 is 17.3. The van der Waals surface area contributed by atoms with Gasteiger partial charge in [-0.2, -0.15) is 0 Å². The highest BCUT2D eigenvalue weighted by Gasteiger charge is 2.31. The lowest BCUT2D eigenvalue weighted by Crippen LogP contribution is -2.33. The van der Waals surface area contributed by atoms with Crippen molar-refractivity contribution in [1.82, 2.24) is 4.90 Å². The Morgan fingerprint density at radius 3 is 2.00 bits per heavy atom. The molecule has 3 fully saturated rings. The molecule has 0 aromatic carbocycles. The normalized spacial score (nSPS) is 30.4. The quantitative estimate of drug-likeness (QED) is 0.322. The highest BCUT2D eigenvalue weighted by Crippen LogP contribution is 2.39. The molecule has 0 unspecified atom stereocenters. The van der Waals surface area contributed by atoms with E-state index in [9.17, 15) is 4.79 Å². The van der Waals surface area contributed by atoms with Gasteiger partial charge in [0.1, 0.15) is 0 Å². The van der Waals surface area contributed by atoms with E-state index in [2.05, 4.69) is 4.90 Å². The van der Waals surface area contributed by atoms with Gasteiger partial charge in [-0.05, 0) is 76.7 Å². The molecule has 3 rings (SSSR count). The summed E-state index contributed by atoms with van der Waals surface area (Å²) in [6, 6.07) is 0. The van der Waals surface area contributed by atoms with E-state index in [0.717, 1.165) is 63.6 Å². The number of rotatable bonds is 11. The third-order valence-electron chi connectivity index (χ3n) is 8.00. The van der Waals surface area contributed by atoms with Gasteiger partial charge in [0.15, 0.2) is 0 Å². The summed E-state index contributed by atoms with van der Waals surface area (Å²) in [7, 11) is 3.49. The molecule has 0 aliphatic heterocycles. The fourth-order valence-electron chi connectivity index (χ4n) is 5.99. The molecular weight excluding hydrogens is 390 g/mol. The molecule has 31 heavy (non-hydrogen) atoms. The van der Waals surface area contributed by atoms with Gasteiger partial charge in [-0.15, -0.1) is 0 Å². The molecule has 3 saturated carbocycles. The molecule has 0 spiro atoms. The molecule has 0 radical (unpaired) electrons. The number of hydrogen-bond donors (Lipinski definition) is 0. The average Bonchev–Trinajstić information content (AvgIpc) is 2.82. The maximum Gasteiger partial charge on any atom is 0.306 e. The number of esters is 1.